The van der Waals surface area contributed by atoms with Gasteiger partial charge in [0.05, 0.1) is 5.25 Å². The Bertz CT molecular complexity index is 351. The number of amides is 1. The molecule has 0 aromatic heterocycles. The molecule has 1 heterocycles. The predicted octanol–water partition coefficient (Wildman–Crippen LogP) is 2.23. The Morgan fingerprint density at radius 3 is 2.87 bits per heavy atom. The summed E-state index contributed by atoms with van der Waals surface area (Å²) >= 11 is 1.67. The third-order valence-electron chi connectivity index (χ3n) is 2.37. The number of fused-ring (bicyclic) bond motifs is 1. The van der Waals surface area contributed by atoms with E-state index in [1.165, 1.54) is 10.5 Å². The number of rotatable bonds is 2. The molecule has 0 saturated carbocycles. The summed E-state index contributed by atoms with van der Waals surface area (Å²) in [5.41, 5.74) is 1.30. The molecule has 80 valence electrons. The molecule has 0 saturated heterocycles. The van der Waals surface area contributed by atoms with Gasteiger partial charge in [0.1, 0.15) is 0 Å². The number of hydrogen-bond donors (Lipinski definition) is 1. The molecule has 0 radical (unpaired) electrons. The Kier molecular flexibility index (Phi) is 3.00. The lowest BCUT2D eigenvalue weighted by Crippen LogP contribution is -2.37. The molecule has 1 aliphatic heterocycles. The number of hydrogen-bond acceptors (Lipinski definition) is 2. The fraction of sp³-hybridized carbons (Fsp3) is 0.417. The van der Waals surface area contributed by atoms with Gasteiger partial charge >= 0.3 is 0 Å². The highest BCUT2D eigenvalue weighted by atomic mass is 32.2. The topological polar surface area (TPSA) is 29.1 Å². The molecule has 1 amide bonds. The van der Waals surface area contributed by atoms with Gasteiger partial charge in [-0.15, -0.1) is 11.8 Å². The maximum absolute atomic E-state index is 11.8. The van der Waals surface area contributed by atoms with Crippen molar-refractivity contribution in [2.75, 3.05) is 0 Å². The van der Waals surface area contributed by atoms with Crippen molar-refractivity contribution >= 4 is 17.7 Å². The third-order valence-corrected chi connectivity index (χ3v) is 3.69. The van der Waals surface area contributed by atoms with E-state index in [1.54, 1.807) is 11.8 Å². The zero-order valence-corrected chi connectivity index (χ0v) is 9.80. The van der Waals surface area contributed by atoms with Crippen LogP contribution in [0, 0.1) is 0 Å². The predicted molar refractivity (Wildman–Crippen MR) is 63.1 cm³/mol. The van der Waals surface area contributed by atoms with Crippen LogP contribution in [0.2, 0.25) is 0 Å². The zero-order valence-electron chi connectivity index (χ0n) is 8.99. The first-order valence-corrected chi connectivity index (χ1v) is 6.09. The second-order valence-electron chi connectivity index (χ2n) is 4.08. The summed E-state index contributed by atoms with van der Waals surface area (Å²) in [4.78, 5) is 13.0. The summed E-state index contributed by atoms with van der Waals surface area (Å²) in [6.07, 6.45) is 0.861. The number of benzene rings is 1. The van der Waals surface area contributed by atoms with Crippen LogP contribution in [0.5, 0.6) is 0 Å². The molecule has 0 aliphatic carbocycles. The van der Waals surface area contributed by atoms with Crippen LogP contribution in [-0.4, -0.2) is 17.2 Å². The number of nitrogens with one attached hydrogen (secondary N) is 1. The summed E-state index contributed by atoms with van der Waals surface area (Å²) in [5.74, 6) is 0.159. The Balaban J connectivity index is 2.04. The van der Waals surface area contributed by atoms with Crippen LogP contribution in [0.1, 0.15) is 19.4 Å². The van der Waals surface area contributed by atoms with E-state index < -0.39 is 0 Å². The van der Waals surface area contributed by atoms with Gasteiger partial charge in [-0.25, -0.2) is 0 Å². The fourth-order valence-electron chi connectivity index (χ4n) is 1.71. The smallest absolute Gasteiger partial charge is 0.234 e. The lowest BCUT2D eigenvalue weighted by atomic mass is 10.1. The molecule has 0 spiro atoms. The molecule has 1 aromatic carbocycles. The Morgan fingerprint density at radius 2 is 2.20 bits per heavy atom. The standard InChI is InChI=1S/C12H15NOS/c1-8(2)13-12(14)11-7-9-5-3-4-6-10(9)15-11/h3-6,8,11H,7H2,1-2H3,(H,13,14). The SMILES string of the molecule is CC(C)NC(=O)C1Cc2ccccc2S1. The summed E-state index contributed by atoms with van der Waals surface area (Å²) in [7, 11) is 0. The maximum atomic E-state index is 11.8. The van der Waals surface area contributed by atoms with E-state index >= 15 is 0 Å². The van der Waals surface area contributed by atoms with E-state index in [1.807, 2.05) is 26.0 Å². The van der Waals surface area contributed by atoms with E-state index in [2.05, 4.69) is 17.4 Å². The minimum Gasteiger partial charge on any atom is -0.353 e. The van der Waals surface area contributed by atoms with Crippen molar-refractivity contribution in [1.29, 1.82) is 0 Å². The highest BCUT2D eigenvalue weighted by Crippen LogP contribution is 2.36. The minimum absolute atomic E-state index is 0.0600. The first-order valence-electron chi connectivity index (χ1n) is 5.22. The lowest BCUT2D eigenvalue weighted by Gasteiger charge is -2.12. The summed E-state index contributed by atoms with van der Waals surface area (Å²) in [6, 6.07) is 8.46. The summed E-state index contributed by atoms with van der Waals surface area (Å²) in [5, 5.41) is 3.02. The van der Waals surface area contributed by atoms with E-state index in [0.717, 1.165) is 6.42 Å². The van der Waals surface area contributed by atoms with Gasteiger partial charge in [-0.2, -0.15) is 0 Å². The van der Waals surface area contributed by atoms with Crippen LogP contribution in [0.25, 0.3) is 0 Å². The van der Waals surface area contributed by atoms with Gasteiger partial charge in [0.15, 0.2) is 0 Å². The number of carbonyl (C=O) groups is 1. The molecular weight excluding hydrogens is 206 g/mol. The van der Waals surface area contributed by atoms with Gasteiger partial charge in [0.25, 0.3) is 0 Å². The monoisotopic (exact) mass is 221 g/mol. The molecule has 15 heavy (non-hydrogen) atoms. The second kappa shape index (κ2) is 4.27. The third kappa shape index (κ3) is 2.34. The Hall–Kier alpha value is -0.960. The largest absolute Gasteiger partial charge is 0.353 e. The number of carbonyl (C=O) groups excluding carboxylic acids is 1. The molecule has 1 aromatic rings. The van der Waals surface area contributed by atoms with Crippen LogP contribution < -0.4 is 5.32 Å². The van der Waals surface area contributed by atoms with Crippen LogP contribution in [0.3, 0.4) is 0 Å². The van der Waals surface area contributed by atoms with Gasteiger partial charge in [-0.05, 0) is 31.9 Å². The van der Waals surface area contributed by atoms with Gasteiger partial charge in [-0.1, -0.05) is 18.2 Å². The second-order valence-corrected chi connectivity index (χ2v) is 5.33. The van der Waals surface area contributed by atoms with E-state index in [0.29, 0.717) is 0 Å². The van der Waals surface area contributed by atoms with Crippen LogP contribution in [-0.2, 0) is 11.2 Å². The normalized spacial score (nSPS) is 19.0. The van der Waals surface area contributed by atoms with Gasteiger partial charge in [0, 0.05) is 10.9 Å². The van der Waals surface area contributed by atoms with Crippen molar-refractivity contribution in [2.45, 2.75) is 36.5 Å². The number of thioether (sulfide) groups is 1. The molecular formula is C12H15NOS. The molecule has 0 bridgehead atoms. The average Bonchev–Trinajstić information content (AvgIpc) is 2.59. The molecule has 2 nitrogen and oxygen atoms in total. The highest BCUT2D eigenvalue weighted by molar-refractivity contribution is 8.01. The summed E-state index contributed by atoms with van der Waals surface area (Å²) < 4.78 is 0. The van der Waals surface area contributed by atoms with Crippen molar-refractivity contribution in [2.24, 2.45) is 0 Å². The van der Waals surface area contributed by atoms with Gasteiger partial charge < -0.3 is 5.32 Å². The lowest BCUT2D eigenvalue weighted by molar-refractivity contribution is -0.121. The molecule has 3 heteroatoms. The van der Waals surface area contributed by atoms with Crippen molar-refractivity contribution in [3.63, 3.8) is 0 Å². The van der Waals surface area contributed by atoms with Crippen molar-refractivity contribution in [3.05, 3.63) is 29.8 Å². The minimum atomic E-state index is 0.0600. The van der Waals surface area contributed by atoms with Crippen LogP contribution >= 0.6 is 11.8 Å². The van der Waals surface area contributed by atoms with Gasteiger partial charge in [0.2, 0.25) is 5.91 Å². The average molecular weight is 221 g/mol. The first kappa shape index (κ1) is 10.6. The molecule has 2 rings (SSSR count). The molecule has 1 N–H and O–H groups in total. The van der Waals surface area contributed by atoms with Crippen LogP contribution in [0.4, 0.5) is 0 Å². The first-order chi connectivity index (χ1) is 7.16. The van der Waals surface area contributed by atoms with Crippen molar-refractivity contribution in [1.82, 2.24) is 5.32 Å². The van der Waals surface area contributed by atoms with Crippen molar-refractivity contribution in [3.8, 4) is 0 Å². The maximum Gasteiger partial charge on any atom is 0.234 e. The Morgan fingerprint density at radius 1 is 1.47 bits per heavy atom. The molecule has 1 unspecified atom stereocenters. The zero-order chi connectivity index (χ0) is 10.8. The molecule has 1 atom stereocenters. The van der Waals surface area contributed by atoms with E-state index in [4.69, 9.17) is 0 Å². The Labute approximate surface area is 94.4 Å². The van der Waals surface area contributed by atoms with Crippen molar-refractivity contribution < 1.29 is 4.79 Å². The quantitative estimate of drug-likeness (QED) is 0.829. The van der Waals surface area contributed by atoms with Crippen LogP contribution in [0.15, 0.2) is 29.2 Å². The highest BCUT2D eigenvalue weighted by Gasteiger charge is 2.27. The summed E-state index contributed by atoms with van der Waals surface area (Å²) in [6.45, 7) is 3.98. The van der Waals surface area contributed by atoms with E-state index in [9.17, 15) is 4.79 Å². The van der Waals surface area contributed by atoms with E-state index in [-0.39, 0.29) is 17.2 Å². The molecule has 0 fully saturated rings. The fourth-order valence-corrected chi connectivity index (χ4v) is 2.91. The molecule has 1 aliphatic rings. The van der Waals surface area contributed by atoms with Gasteiger partial charge in [-0.3, -0.25) is 4.79 Å².